The topological polar surface area (TPSA) is 127 Å². The molecule has 0 bridgehead atoms. The Labute approximate surface area is 130 Å². The Balaban J connectivity index is 2.11. The summed E-state index contributed by atoms with van der Waals surface area (Å²) in [4.78, 5) is 12.5. The van der Waals surface area contributed by atoms with E-state index in [4.69, 9.17) is 4.74 Å². The van der Waals surface area contributed by atoms with E-state index in [1.54, 1.807) is 6.92 Å². The number of ketones is 1. The van der Waals surface area contributed by atoms with E-state index in [2.05, 4.69) is 0 Å². The minimum absolute atomic E-state index is 0.00246. The molecule has 1 aliphatic rings. The molecule has 0 saturated carbocycles. The van der Waals surface area contributed by atoms with Gasteiger partial charge in [0, 0.05) is 17.7 Å². The molecule has 120 valence electrons. The van der Waals surface area contributed by atoms with Gasteiger partial charge in [0.25, 0.3) is 0 Å². The van der Waals surface area contributed by atoms with Crippen molar-refractivity contribution in [2.75, 3.05) is 0 Å². The number of carbonyl (C=O) groups is 1. The number of carbonyl (C=O) groups excluding carboxylic acids is 1. The Kier molecular flexibility index (Phi) is 3.21. The summed E-state index contributed by atoms with van der Waals surface area (Å²) >= 11 is 0. The molecule has 2 unspecified atom stereocenters. The van der Waals surface area contributed by atoms with E-state index in [9.17, 15) is 30.3 Å². The highest BCUT2D eigenvalue weighted by molar-refractivity contribution is 6.04. The Morgan fingerprint density at radius 2 is 1.52 bits per heavy atom. The molecule has 0 spiro atoms. The standard InChI is InChI=1S/C16H14O7/c1-6-14(21)13-9(18)4-8(17)5-12(13)23-16(6)7-2-10(19)15(22)11(20)3-7/h2-6,16-20,22H,1H3. The molecule has 5 N–H and O–H groups in total. The molecule has 3 rings (SSSR count). The number of phenols is 5. The number of rotatable bonds is 1. The van der Waals surface area contributed by atoms with Crippen LogP contribution in [0.15, 0.2) is 24.3 Å². The Morgan fingerprint density at radius 3 is 2.13 bits per heavy atom. The monoisotopic (exact) mass is 318 g/mol. The van der Waals surface area contributed by atoms with Gasteiger partial charge in [-0.15, -0.1) is 0 Å². The van der Waals surface area contributed by atoms with Crippen molar-refractivity contribution in [3.8, 4) is 34.5 Å². The molecule has 0 aliphatic carbocycles. The SMILES string of the molecule is CC1C(=O)c2c(O)cc(O)cc2OC1c1cc(O)c(O)c(O)c1. The summed E-state index contributed by atoms with van der Waals surface area (Å²) in [7, 11) is 0. The number of fused-ring (bicyclic) bond motifs is 1. The van der Waals surface area contributed by atoms with Crippen LogP contribution in [0.4, 0.5) is 0 Å². The summed E-state index contributed by atoms with van der Waals surface area (Å²) < 4.78 is 5.67. The third-order valence-corrected chi connectivity index (χ3v) is 3.85. The first-order valence-electron chi connectivity index (χ1n) is 6.81. The number of ether oxygens (including phenoxy) is 1. The molecule has 23 heavy (non-hydrogen) atoms. The van der Waals surface area contributed by atoms with Crippen LogP contribution >= 0.6 is 0 Å². The van der Waals surface area contributed by atoms with Gasteiger partial charge in [-0.05, 0) is 12.1 Å². The molecule has 0 fully saturated rings. The summed E-state index contributed by atoms with van der Waals surface area (Å²) in [5.41, 5.74) is 0.242. The zero-order valence-electron chi connectivity index (χ0n) is 12.0. The van der Waals surface area contributed by atoms with Crippen LogP contribution in [0.25, 0.3) is 0 Å². The van der Waals surface area contributed by atoms with Crippen molar-refractivity contribution in [1.29, 1.82) is 0 Å². The molecule has 2 aromatic rings. The normalized spacial score (nSPS) is 20.0. The first-order chi connectivity index (χ1) is 10.8. The smallest absolute Gasteiger partial charge is 0.200 e. The van der Waals surface area contributed by atoms with Gasteiger partial charge in [0.2, 0.25) is 0 Å². The van der Waals surface area contributed by atoms with Crippen LogP contribution in [-0.4, -0.2) is 31.3 Å². The van der Waals surface area contributed by atoms with Crippen LogP contribution < -0.4 is 4.74 Å². The van der Waals surface area contributed by atoms with Gasteiger partial charge < -0.3 is 30.3 Å². The largest absolute Gasteiger partial charge is 0.508 e. The van der Waals surface area contributed by atoms with Crippen LogP contribution in [0.2, 0.25) is 0 Å². The van der Waals surface area contributed by atoms with E-state index in [0.717, 1.165) is 6.07 Å². The predicted octanol–water partition coefficient (Wildman–Crippen LogP) is 2.17. The molecule has 1 heterocycles. The molecule has 0 radical (unpaired) electrons. The van der Waals surface area contributed by atoms with E-state index in [1.807, 2.05) is 0 Å². The van der Waals surface area contributed by atoms with Crippen LogP contribution in [0.1, 0.15) is 28.9 Å². The molecule has 2 aromatic carbocycles. The van der Waals surface area contributed by atoms with E-state index in [-0.39, 0.29) is 28.4 Å². The zero-order chi connectivity index (χ0) is 16.9. The third kappa shape index (κ3) is 2.26. The van der Waals surface area contributed by atoms with Crippen molar-refractivity contribution >= 4 is 5.78 Å². The van der Waals surface area contributed by atoms with Crippen molar-refractivity contribution in [3.63, 3.8) is 0 Å². The van der Waals surface area contributed by atoms with Crippen LogP contribution in [-0.2, 0) is 0 Å². The summed E-state index contributed by atoms with van der Waals surface area (Å²) in [6, 6.07) is 4.60. The number of benzene rings is 2. The second-order valence-electron chi connectivity index (χ2n) is 5.44. The fourth-order valence-corrected chi connectivity index (χ4v) is 2.68. The van der Waals surface area contributed by atoms with E-state index >= 15 is 0 Å². The van der Waals surface area contributed by atoms with Crippen LogP contribution in [0.5, 0.6) is 34.5 Å². The van der Waals surface area contributed by atoms with Crippen molar-refractivity contribution in [2.45, 2.75) is 13.0 Å². The molecule has 1 aliphatic heterocycles. The van der Waals surface area contributed by atoms with Gasteiger partial charge in [-0.2, -0.15) is 0 Å². The van der Waals surface area contributed by atoms with E-state index in [1.165, 1.54) is 18.2 Å². The summed E-state index contributed by atoms with van der Waals surface area (Å²) in [5.74, 6) is -3.53. The summed E-state index contributed by atoms with van der Waals surface area (Å²) in [6.45, 7) is 1.57. The lowest BCUT2D eigenvalue weighted by Crippen LogP contribution is -2.29. The molecule has 2 atom stereocenters. The lowest BCUT2D eigenvalue weighted by atomic mass is 9.86. The number of aromatic hydroxyl groups is 5. The quantitative estimate of drug-likeness (QED) is 0.510. The highest BCUT2D eigenvalue weighted by Crippen LogP contribution is 2.46. The van der Waals surface area contributed by atoms with Gasteiger partial charge in [-0.3, -0.25) is 4.79 Å². The average molecular weight is 318 g/mol. The Morgan fingerprint density at radius 1 is 0.913 bits per heavy atom. The fourth-order valence-electron chi connectivity index (χ4n) is 2.68. The Bertz CT molecular complexity index is 789. The number of hydrogen-bond acceptors (Lipinski definition) is 7. The summed E-state index contributed by atoms with van der Waals surface area (Å²) in [5, 5.41) is 48.0. The number of phenolic OH excluding ortho intramolecular Hbond substituents is 5. The lowest BCUT2D eigenvalue weighted by Gasteiger charge is -2.31. The maximum absolute atomic E-state index is 12.5. The predicted molar refractivity (Wildman–Crippen MR) is 78.1 cm³/mol. The van der Waals surface area contributed by atoms with Crippen LogP contribution in [0, 0.1) is 5.92 Å². The number of hydrogen-bond donors (Lipinski definition) is 5. The van der Waals surface area contributed by atoms with Crippen molar-refractivity contribution in [3.05, 3.63) is 35.4 Å². The fraction of sp³-hybridized carbons (Fsp3) is 0.188. The molecular formula is C16H14O7. The van der Waals surface area contributed by atoms with Gasteiger partial charge in [0.05, 0.1) is 5.92 Å². The van der Waals surface area contributed by atoms with Gasteiger partial charge in [-0.25, -0.2) is 0 Å². The molecule has 0 aromatic heterocycles. The Hall–Kier alpha value is -3.09. The second kappa shape index (κ2) is 4.98. The molecule has 7 nitrogen and oxygen atoms in total. The van der Waals surface area contributed by atoms with E-state index in [0.29, 0.717) is 0 Å². The zero-order valence-corrected chi connectivity index (χ0v) is 12.0. The van der Waals surface area contributed by atoms with Crippen LogP contribution in [0.3, 0.4) is 0 Å². The molecule has 0 amide bonds. The third-order valence-electron chi connectivity index (χ3n) is 3.85. The van der Waals surface area contributed by atoms with Gasteiger partial charge in [0.1, 0.15) is 28.9 Å². The van der Waals surface area contributed by atoms with Crippen molar-refractivity contribution in [1.82, 2.24) is 0 Å². The molecular weight excluding hydrogens is 304 g/mol. The number of Topliss-reactive ketones (excluding diaryl/α,β-unsaturated/α-hetero) is 1. The maximum Gasteiger partial charge on any atom is 0.200 e. The van der Waals surface area contributed by atoms with Crippen molar-refractivity contribution in [2.24, 2.45) is 5.92 Å². The van der Waals surface area contributed by atoms with Gasteiger partial charge in [0.15, 0.2) is 23.0 Å². The maximum atomic E-state index is 12.5. The highest BCUT2D eigenvalue weighted by atomic mass is 16.5. The minimum atomic E-state index is -0.867. The molecule has 7 heteroatoms. The highest BCUT2D eigenvalue weighted by Gasteiger charge is 2.38. The first-order valence-corrected chi connectivity index (χ1v) is 6.81. The second-order valence-corrected chi connectivity index (χ2v) is 5.44. The lowest BCUT2D eigenvalue weighted by molar-refractivity contribution is 0.0683. The minimum Gasteiger partial charge on any atom is -0.508 e. The first kappa shape index (κ1) is 14.8. The van der Waals surface area contributed by atoms with Crippen molar-refractivity contribution < 1.29 is 35.1 Å². The van der Waals surface area contributed by atoms with E-state index < -0.39 is 35.1 Å². The average Bonchev–Trinajstić information content (AvgIpc) is 2.47. The van der Waals surface area contributed by atoms with Gasteiger partial charge in [-0.1, -0.05) is 6.92 Å². The summed E-state index contributed by atoms with van der Waals surface area (Å²) in [6.07, 6.45) is -0.867. The molecule has 0 saturated heterocycles. The van der Waals surface area contributed by atoms with Gasteiger partial charge >= 0.3 is 0 Å².